The summed E-state index contributed by atoms with van der Waals surface area (Å²) in [6.45, 7) is 9.46. The Kier molecular flexibility index (Phi) is 8.93. The molecule has 5 atom stereocenters. The van der Waals surface area contributed by atoms with Gasteiger partial charge in [-0.25, -0.2) is 0 Å². The molecule has 0 aromatic rings. The van der Waals surface area contributed by atoms with Crippen LogP contribution in [0, 0.1) is 11.8 Å². The number of fused-ring (bicyclic) bond motifs is 1. The number of unbranched alkanes of at least 4 members (excludes halogenated alkanes) is 4. The summed E-state index contributed by atoms with van der Waals surface area (Å²) < 4.78 is 11.7. The summed E-state index contributed by atoms with van der Waals surface area (Å²) in [5.74, 6) is -2.03. The molecule has 0 aromatic heterocycles. The SMILES string of the molecule is C=CCN(CCCCC)C(=O)[C@@H]1N(CCCCCO)C(=O)[C@H]2[C@H](C(=O)OCC)[C@@H]3CC[C@]12O3. The van der Waals surface area contributed by atoms with Crippen molar-refractivity contribution in [3.05, 3.63) is 12.7 Å². The maximum absolute atomic E-state index is 14.0. The van der Waals surface area contributed by atoms with Crippen LogP contribution >= 0.6 is 0 Å². The highest BCUT2D eigenvalue weighted by Gasteiger charge is 2.74. The maximum Gasteiger partial charge on any atom is 0.312 e. The summed E-state index contributed by atoms with van der Waals surface area (Å²) in [4.78, 5) is 43.9. The van der Waals surface area contributed by atoms with E-state index in [9.17, 15) is 14.4 Å². The molecule has 3 aliphatic rings. The van der Waals surface area contributed by atoms with E-state index in [4.69, 9.17) is 14.6 Å². The van der Waals surface area contributed by atoms with Crippen molar-refractivity contribution in [1.82, 2.24) is 9.80 Å². The van der Waals surface area contributed by atoms with E-state index in [-0.39, 0.29) is 31.1 Å². The van der Waals surface area contributed by atoms with Gasteiger partial charge in [-0.15, -0.1) is 6.58 Å². The highest BCUT2D eigenvalue weighted by molar-refractivity contribution is 5.98. The second-order valence-corrected chi connectivity index (χ2v) is 9.40. The molecule has 0 saturated carbocycles. The van der Waals surface area contributed by atoms with Crippen molar-refractivity contribution < 1.29 is 29.0 Å². The number of aliphatic hydroxyl groups excluding tert-OH is 1. The van der Waals surface area contributed by atoms with Gasteiger partial charge in [-0.1, -0.05) is 25.8 Å². The molecule has 3 rings (SSSR count). The van der Waals surface area contributed by atoms with Crippen LogP contribution in [-0.4, -0.2) is 83.3 Å². The van der Waals surface area contributed by atoms with E-state index in [1.807, 2.05) is 0 Å². The van der Waals surface area contributed by atoms with E-state index in [0.29, 0.717) is 45.3 Å². The van der Waals surface area contributed by atoms with Crippen molar-refractivity contribution in [2.45, 2.75) is 83.0 Å². The minimum absolute atomic E-state index is 0.100. The molecule has 2 bridgehead atoms. The minimum Gasteiger partial charge on any atom is -0.466 e. The van der Waals surface area contributed by atoms with Crippen molar-refractivity contribution in [2.75, 3.05) is 32.8 Å². The third kappa shape index (κ3) is 4.83. The van der Waals surface area contributed by atoms with E-state index in [1.54, 1.807) is 22.8 Å². The maximum atomic E-state index is 14.0. The molecule has 1 N–H and O–H groups in total. The average Bonchev–Trinajstić information content (AvgIpc) is 3.43. The zero-order valence-electron chi connectivity index (χ0n) is 20.2. The Morgan fingerprint density at radius 1 is 1.27 bits per heavy atom. The van der Waals surface area contributed by atoms with E-state index in [2.05, 4.69) is 13.5 Å². The fraction of sp³-hybridized carbons (Fsp3) is 0.800. The first kappa shape index (κ1) is 25.7. The molecule has 0 aliphatic carbocycles. The third-order valence-electron chi connectivity index (χ3n) is 7.34. The van der Waals surface area contributed by atoms with Crippen LogP contribution in [0.5, 0.6) is 0 Å². The zero-order valence-corrected chi connectivity index (χ0v) is 20.2. The average molecular weight is 465 g/mol. The number of ether oxygens (including phenoxy) is 2. The highest BCUT2D eigenvalue weighted by atomic mass is 16.6. The van der Waals surface area contributed by atoms with Crippen LogP contribution < -0.4 is 0 Å². The van der Waals surface area contributed by atoms with Crippen LogP contribution in [0.3, 0.4) is 0 Å². The van der Waals surface area contributed by atoms with E-state index < -0.39 is 29.4 Å². The fourth-order valence-electron chi connectivity index (χ4n) is 5.92. The molecular formula is C25H40N2O6. The molecule has 8 heteroatoms. The van der Waals surface area contributed by atoms with Gasteiger partial charge < -0.3 is 24.4 Å². The lowest BCUT2D eigenvalue weighted by Gasteiger charge is -2.36. The Labute approximate surface area is 197 Å². The molecule has 1 spiro atoms. The lowest BCUT2D eigenvalue weighted by Crippen LogP contribution is -2.56. The van der Waals surface area contributed by atoms with Gasteiger partial charge in [-0.2, -0.15) is 0 Å². The van der Waals surface area contributed by atoms with Crippen molar-refractivity contribution in [3.63, 3.8) is 0 Å². The highest BCUT2D eigenvalue weighted by Crippen LogP contribution is 2.58. The summed E-state index contributed by atoms with van der Waals surface area (Å²) in [7, 11) is 0. The molecule has 3 aliphatic heterocycles. The number of amides is 2. The van der Waals surface area contributed by atoms with Gasteiger partial charge in [0.25, 0.3) is 0 Å². The molecule has 2 amide bonds. The standard InChI is InChI=1S/C25H40N2O6/c1-4-7-9-15-26(14-5-2)23(30)21-25-13-12-18(33-25)19(24(31)32-6-3)20(25)22(29)27(21)16-10-8-11-17-28/h5,18-21,28H,2,4,6-17H2,1,3H3/t18-,19+,20+,21-,25+/m0/s1. The Morgan fingerprint density at radius 2 is 2.06 bits per heavy atom. The third-order valence-corrected chi connectivity index (χ3v) is 7.34. The van der Waals surface area contributed by atoms with E-state index in [1.165, 1.54) is 0 Å². The zero-order chi connectivity index (χ0) is 24.0. The molecule has 0 radical (unpaired) electrons. The normalized spacial score (nSPS) is 29.9. The number of hydrogen-bond donors (Lipinski definition) is 1. The number of rotatable bonds is 14. The topological polar surface area (TPSA) is 96.4 Å². The van der Waals surface area contributed by atoms with Gasteiger partial charge in [-0.05, 0) is 45.4 Å². The molecule has 8 nitrogen and oxygen atoms in total. The number of esters is 1. The van der Waals surface area contributed by atoms with Gasteiger partial charge in [0, 0.05) is 26.2 Å². The second kappa shape index (κ2) is 11.5. The Balaban J connectivity index is 1.91. The number of aliphatic hydroxyl groups is 1. The summed E-state index contributed by atoms with van der Waals surface area (Å²) in [5, 5.41) is 9.13. The van der Waals surface area contributed by atoms with Crippen LogP contribution in [0.2, 0.25) is 0 Å². The summed E-state index contributed by atoms with van der Waals surface area (Å²) in [6, 6.07) is -0.741. The minimum atomic E-state index is -0.975. The molecule has 0 unspecified atom stereocenters. The van der Waals surface area contributed by atoms with Crippen molar-refractivity contribution in [1.29, 1.82) is 0 Å². The van der Waals surface area contributed by atoms with Crippen LogP contribution in [-0.2, 0) is 23.9 Å². The molecule has 0 aromatic carbocycles. The largest absolute Gasteiger partial charge is 0.466 e. The van der Waals surface area contributed by atoms with Crippen molar-refractivity contribution >= 4 is 17.8 Å². The summed E-state index contributed by atoms with van der Waals surface area (Å²) in [6.07, 6.45) is 7.63. The Morgan fingerprint density at radius 3 is 2.73 bits per heavy atom. The number of carbonyl (C=O) groups is 3. The van der Waals surface area contributed by atoms with Crippen LogP contribution in [0.15, 0.2) is 12.7 Å². The number of nitrogens with zero attached hydrogens (tertiary/aromatic N) is 2. The van der Waals surface area contributed by atoms with Gasteiger partial charge in [0.2, 0.25) is 11.8 Å². The Hall–Kier alpha value is -1.93. The first-order valence-corrected chi connectivity index (χ1v) is 12.6. The predicted octanol–water partition coefficient (Wildman–Crippen LogP) is 2.29. The van der Waals surface area contributed by atoms with E-state index in [0.717, 1.165) is 25.7 Å². The van der Waals surface area contributed by atoms with Gasteiger partial charge in [0.15, 0.2) is 0 Å². The van der Waals surface area contributed by atoms with Crippen LogP contribution in [0.25, 0.3) is 0 Å². The Bertz CT molecular complexity index is 728. The summed E-state index contributed by atoms with van der Waals surface area (Å²) in [5.41, 5.74) is -0.975. The number of hydrogen-bond acceptors (Lipinski definition) is 6. The molecule has 3 heterocycles. The number of likely N-dealkylation sites (tertiary alicyclic amines) is 1. The lowest BCUT2D eigenvalue weighted by atomic mass is 9.70. The van der Waals surface area contributed by atoms with E-state index >= 15 is 0 Å². The van der Waals surface area contributed by atoms with Crippen LogP contribution in [0.4, 0.5) is 0 Å². The molecular weight excluding hydrogens is 424 g/mol. The summed E-state index contributed by atoms with van der Waals surface area (Å²) >= 11 is 0. The first-order valence-electron chi connectivity index (χ1n) is 12.6. The van der Waals surface area contributed by atoms with Gasteiger partial charge in [0.05, 0.1) is 24.5 Å². The second-order valence-electron chi connectivity index (χ2n) is 9.40. The van der Waals surface area contributed by atoms with Crippen molar-refractivity contribution in [2.24, 2.45) is 11.8 Å². The smallest absolute Gasteiger partial charge is 0.312 e. The van der Waals surface area contributed by atoms with Gasteiger partial charge in [0.1, 0.15) is 11.6 Å². The monoisotopic (exact) mass is 464 g/mol. The first-order chi connectivity index (χ1) is 16.0. The molecule has 186 valence electrons. The predicted molar refractivity (Wildman–Crippen MR) is 123 cm³/mol. The fourth-order valence-corrected chi connectivity index (χ4v) is 5.92. The molecule has 3 saturated heterocycles. The van der Waals surface area contributed by atoms with Crippen molar-refractivity contribution in [3.8, 4) is 0 Å². The molecule has 33 heavy (non-hydrogen) atoms. The molecule has 3 fully saturated rings. The van der Waals surface area contributed by atoms with Gasteiger partial charge >= 0.3 is 5.97 Å². The lowest BCUT2D eigenvalue weighted by molar-refractivity contribution is -0.155. The number of carbonyl (C=O) groups excluding carboxylic acids is 3. The quantitative estimate of drug-likeness (QED) is 0.241. The van der Waals surface area contributed by atoms with Crippen LogP contribution in [0.1, 0.15) is 65.2 Å². The van der Waals surface area contributed by atoms with Gasteiger partial charge in [-0.3, -0.25) is 14.4 Å².